The Bertz CT molecular complexity index is 318. The summed E-state index contributed by atoms with van der Waals surface area (Å²) in [6.45, 7) is 6.69. The lowest BCUT2D eigenvalue weighted by molar-refractivity contribution is -0.138. The number of aromatic nitrogens is 2. The summed E-state index contributed by atoms with van der Waals surface area (Å²) >= 11 is 0. The zero-order chi connectivity index (χ0) is 10.7. The normalized spacial score (nSPS) is 13.1. The third kappa shape index (κ3) is 2.58. The first-order valence-corrected chi connectivity index (χ1v) is 4.76. The number of carboxylic acid groups (broad SMARTS) is 1. The van der Waals surface area contributed by atoms with Gasteiger partial charge in [-0.3, -0.25) is 9.48 Å². The number of carboxylic acids is 1. The van der Waals surface area contributed by atoms with Gasteiger partial charge in [0.15, 0.2) is 0 Å². The Morgan fingerprint density at radius 2 is 2.21 bits per heavy atom. The summed E-state index contributed by atoms with van der Waals surface area (Å²) in [5, 5.41) is 12.9. The SMILES string of the molecule is CC(C)Cn1cc(C(C)C(=O)O)cn1. The van der Waals surface area contributed by atoms with E-state index < -0.39 is 11.9 Å². The van der Waals surface area contributed by atoms with E-state index in [4.69, 9.17) is 5.11 Å². The van der Waals surface area contributed by atoms with Crippen molar-refractivity contribution >= 4 is 5.97 Å². The Labute approximate surface area is 83.5 Å². The molecule has 1 aromatic rings. The molecule has 1 atom stereocenters. The lowest BCUT2D eigenvalue weighted by Crippen LogP contribution is -2.07. The smallest absolute Gasteiger partial charge is 0.310 e. The molecular formula is C10H16N2O2. The van der Waals surface area contributed by atoms with Crippen molar-refractivity contribution in [3.05, 3.63) is 18.0 Å². The van der Waals surface area contributed by atoms with Gasteiger partial charge >= 0.3 is 5.97 Å². The van der Waals surface area contributed by atoms with E-state index in [1.165, 1.54) is 0 Å². The van der Waals surface area contributed by atoms with Crippen molar-refractivity contribution in [2.24, 2.45) is 5.92 Å². The molecule has 0 saturated carbocycles. The molecule has 0 aliphatic heterocycles. The second-order valence-corrected chi connectivity index (χ2v) is 3.95. The molecule has 0 amide bonds. The number of carbonyl (C=O) groups is 1. The fourth-order valence-electron chi connectivity index (χ4n) is 1.22. The standard InChI is InChI=1S/C10H16N2O2/c1-7(2)5-12-6-9(4-11-12)8(3)10(13)14/h4,6-8H,5H2,1-3H3,(H,13,14). The van der Waals surface area contributed by atoms with Gasteiger partial charge in [0.1, 0.15) is 0 Å². The van der Waals surface area contributed by atoms with Gasteiger partial charge in [-0.1, -0.05) is 13.8 Å². The van der Waals surface area contributed by atoms with Crippen LogP contribution in [0.2, 0.25) is 0 Å². The summed E-state index contributed by atoms with van der Waals surface area (Å²) < 4.78 is 1.79. The van der Waals surface area contributed by atoms with Gasteiger partial charge in [0, 0.05) is 18.3 Å². The van der Waals surface area contributed by atoms with Gasteiger partial charge in [0.05, 0.1) is 12.1 Å². The van der Waals surface area contributed by atoms with Crippen LogP contribution in [0, 0.1) is 5.92 Å². The first-order valence-electron chi connectivity index (χ1n) is 4.76. The fourth-order valence-corrected chi connectivity index (χ4v) is 1.22. The molecule has 1 N–H and O–H groups in total. The van der Waals surface area contributed by atoms with Crippen LogP contribution in [0.4, 0.5) is 0 Å². The Balaban J connectivity index is 2.72. The van der Waals surface area contributed by atoms with Gasteiger partial charge < -0.3 is 5.11 Å². The van der Waals surface area contributed by atoms with E-state index in [1.807, 2.05) is 0 Å². The van der Waals surface area contributed by atoms with E-state index in [0.29, 0.717) is 5.92 Å². The molecule has 1 rings (SSSR count). The van der Waals surface area contributed by atoms with Crippen molar-refractivity contribution in [3.8, 4) is 0 Å². The molecule has 0 radical (unpaired) electrons. The Kier molecular flexibility index (Phi) is 3.28. The monoisotopic (exact) mass is 196 g/mol. The summed E-state index contributed by atoms with van der Waals surface area (Å²) in [5.74, 6) is -0.770. The largest absolute Gasteiger partial charge is 0.481 e. The maximum absolute atomic E-state index is 10.7. The van der Waals surface area contributed by atoms with Crippen LogP contribution in [0.5, 0.6) is 0 Å². The van der Waals surface area contributed by atoms with Crippen molar-refractivity contribution in [2.75, 3.05) is 0 Å². The van der Waals surface area contributed by atoms with Crippen molar-refractivity contribution in [1.29, 1.82) is 0 Å². The van der Waals surface area contributed by atoms with Crippen molar-refractivity contribution in [2.45, 2.75) is 33.2 Å². The highest BCUT2D eigenvalue weighted by Gasteiger charge is 2.15. The van der Waals surface area contributed by atoms with E-state index in [0.717, 1.165) is 12.1 Å². The van der Waals surface area contributed by atoms with E-state index in [9.17, 15) is 4.79 Å². The second kappa shape index (κ2) is 4.26. The third-order valence-electron chi connectivity index (χ3n) is 2.08. The summed E-state index contributed by atoms with van der Waals surface area (Å²) in [7, 11) is 0. The summed E-state index contributed by atoms with van der Waals surface area (Å²) in [6, 6.07) is 0. The topological polar surface area (TPSA) is 55.1 Å². The molecule has 4 nitrogen and oxygen atoms in total. The highest BCUT2D eigenvalue weighted by molar-refractivity contribution is 5.75. The lowest BCUT2D eigenvalue weighted by atomic mass is 10.1. The first kappa shape index (κ1) is 10.8. The minimum Gasteiger partial charge on any atom is -0.481 e. The van der Waals surface area contributed by atoms with Crippen LogP contribution < -0.4 is 0 Å². The van der Waals surface area contributed by atoms with Gasteiger partial charge in [0.25, 0.3) is 0 Å². The highest BCUT2D eigenvalue weighted by atomic mass is 16.4. The van der Waals surface area contributed by atoms with Gasteiger partial charge in [-0.15, -0.1) is 0 Å². The van der Waals surface area contributed by atoms with Gasteiger partial charge in [-0.2, -0.15) is 5.10 Å². The van der Waals surface area contributed by atoms with Crippen LogP contribution in [-0.2, 0) is 11.3 Å². The number of hydrogen-bond donors (Lipinski definition) is 1. The van der Waals surface area contributed by atoms with E-state index in [1.54, 1.807) is 24.0 Å². The third-order valence-corrected chi connectivity index (χ3v) is 2.08. The summed E-state index contributed by atoms with van der Waals surface area (Å²) in [6.07, 6.45) is 3.43. The lowest BCUT2D eigenvalue weighted by Gasteiger charge is -2.04. The Morgan fingerprint density at radius 3 is 2.71 bits per heavy atom. The molecule has 1 aromatic heterocycles. The average Bonchev–Trinajstić information content (AvgIpc) is 2.50. The minimum absolute atomic E-state index is 0.476. The van der Waals surface area contributed by atoms with Crippen LogP contribution in [0.1, 0.15) is 32.3 Å². The fraction of sp³-hybridized carbons (Fsp3) is 0.600. The zero-order valence-electron chi connectivity index (χ0n) is 8.77. The highest BCUT2D eigenvalue weighted by Crippen LogP contribution is 2.14. The molecular weight excluding hydrogens is 180 g/mol. The quantitative estimate of drug-likeness (QED) is 0.797. The number of hydrogen-bond acceptors (Lipinski definition) is 2. The van der Waals surface area contributed by atoms with Crippen LogP contribution in [0.25, 0.3) is 0 Å². The molecule has 4 heteroatoms. The zero-order valence-corrected chi connectivity index (χ0v) is 8.77. The Morgan fingerprint density at radius 1 is 1.57 bits per heavy atom. The van der Waals surface area contributed by atoms with Crippen LogP contribution in [0.15, 0.2) is 12.4 Å². The molecule has 0 bridgehead atoms. The van der Waals surface area contributed by atoms with Crippen molar-refractivity contribution in [3.63, 3.8) is 0 Å². The molecule has 1 heterocycles. The molecule has 0 saturated heterocycles. The van der Waals surface area contributed by atoms with Crippen molar-refractivity contribution < 1.29 is 9.90 Å². The molecule has 1 unspecified atom stereocenters. The summed E-state index contributed by atoms with van der Waals surface area (Å²) in [4.78, 5) is 10.7. The molecule has 14 heavy (non-hydrogen) atoms. The van der Waals surface area contributed by atoms with E-state index in [-0.39, 0.29) is 0 Å². The van der Waals surface area contributed by atoms with E-state index >= 15 is 0 Å². The molecule has 0 aliphatic rings. The predicted octanol–water partition coefficient (Wildman–Crippen LogP) is 1.73. The predicted molar refractivity (Wildman–Crippen MR) is 53.1 cm³/mol. The molecule has 0 aromatic carbocycles. The second-order valence-electron chi connectivity index (χ2n) is 3.95. The van der Waals surface area contributed by atoms with Crippen LogP contribution >= 0.6 is 0 Å². The van der Waals surface area contributed by atoms with Crippen molar-refractivity contribution in [1.82, 2.24) is 9.78 Å². The van der Waals surface area contributed by atoms with E-state index in [2.05, 4.69) is 18.9 Å². The van der Waals surface area contributed by atoms with Gasteiger partial charge in [0.2, 0.25) is 0 Å². The number of rotatable bonds is 4. The molecule has 0 spiro atoms. The maximum atomic E-state index is 10.7. The first-order chi connectivity index (χ1) is 6.50. The van der Waals surface area contributed by atoms with Crippen LogP contribution in [-0.4, -0.2) is 20.9 Å². The average molecular weight is 196 g/mol. The van der Waals surface area contributed by atoms with Gasteiger partial charge in [-0.05, 0) is 12.8 Å². The number of aliphatic carboxylic acids is 1. The molecule has 0 aliphatic carbocycles. The molecule has 0 fully saturated rings. The van der Waals surface area contributed by atoms with Crippen LogP contribution in [0.3, 0.4) is 0 Å². The maximum Gasteiger partial charge on any atom is 0.310 e. The summed E-state index contributed by atoms with van der Waals surface area (Å²) in [5.41, 5.74) is 0.762. The van der Waals surface area contributed by atoms with Gasteiger partial charge in [-0.25, -0.2) is 0 Å². The minimum atomic E-state index is -0.811. The Hall–Kier alpha value is -1.32. The number of nitrogens with zero attached hydrogens (tertiary/aromatic N) is 2. The molecule has 78 valence electrons.